The highest BCUT2D eigenvalue weighted by atomic mass is 16.1. The van der Waals surface area contributed by atoms with E-state index in [1.807, 2.05) is 61.9 Å². The van der Waals surface area contributed by atoms with Gasteiger partial charge in [0.1, 0.15) is 5.69 Å². The highest BCUT2D eigenvalue weighted by Gasteiger charge is 2.16. The largest absolute Gasteiger partial charge is 0.292 e. The summed E-state index contributed by atoms with van der Waals surface area (Å²) in [4.78, 5) is 12.9. The Bertz CT molecular complexity index is 1480. The molecule has 0 bridgehead atoms. The van der Waals surface area contributed by atoms with Gasteiger partial charge >= 0.3 is 0 Å². The van der Waals surface area contributed by atoms with Crippen molar-refractivity contribution in [2.45, 2.75) is 13.0 Å². The summed E-state index contributed by atoms with van der Waals surface area (Å²) in [6.07, 6.45) is 5.65. The van der Waals surface area contributed by atoms with Crippen LogP contribution in [0.2, 0.25) is 0 Å². The number of nitrogens with zero attached hydrogens (tertiary/aromatic N) is 6. The zero-order valence-corrected chi connectivity index (χ0v) is 17.4. The zero-order chi connectivity index (χ0) is 22.1. The van der Waals surface area contributed by atoms with Crippen LogP contribution in [-0.4, -0.2) is 35.5 Å². The van der Waals surface area contributed by atoms with Crippen LogP contribution in [0.1, 0.15) is 27.2 Å². The Hall–Kier alpha value is -4.51. The minimum atomic E-state index is -0.0761. The third-order valence-electron chi connectivity index (χ3n) is 5.29. The van der Waals surface area contributed by atoms with Crippen LogP contribution in [-0.2, 0) is 20.0 Å². The van der Waals surface area contributed by atoms with Crippen molar-refractivity contribution in [3.8, 4) is 17.3 Å². The molecule has 2 aromatic carbocycles. The van der Waals surface area contributed by atoms with Crippen molar-refractivity contribution in [1.82, 2.24) is 29.8 Å². The number of benzene rings is 2. The SMILES string of the molecule is Cn1ccc(-c2ccc3c(C(=O)Cc4cnn(Cc5cccc(C#N)c5)c4)n[nH]c3c2)n1. The van der Waals surface area contributed by atoms with Crippen LogP contribution in [0.15, 0.2) is 67.1 Å². The maximum absolute atomic E-state index is 12.9. The fourth-order valence-corrected chi connectivity index (χ4v) is 3.74. The minimum absolute atomic E-state index is 0.0761. The molecule has 8 nitrogen and oxygen atoms in total. The number of aromatic nitrogens is 6. The van der Waals surface area contributed by atoms with Gasteiger partial charge in [-0.25, -0.2) is 0 Å². The number of H-pyrrole nitrogens is 1. The second-order valence-corrected chi connectivity index (χ2v) is 7.67. The number of hydrogen-bond acceptors (Lipinski definition) is 5. The molecule has 5 aromatic rings. The van der Waals surface area contributed by atoms with Crippen LogP contribution in [0.5, 0.6) is 0 Å². The van der Waals surface area contributed by atoms with Gasteiger partial charge < -0.3 is 0 Å². The molecular formula is C24H19N7O. The fraction of sp³-hybridized carbons (Fsp3) is 0.125. The summed E-state index contributed by atoms with van der Waals surface area (Å²) in [5, 5.41) is 25.8. The standard InChI is InChI=1S/C24H19N7O/c1-30-8-7-21(29-30)19-5-6-20-22(11-19)27-28-24(20)23(32)10-18-13-26-31(15-18)14-17-4-2-3-16(9-17)12-25/h2-9,11,13,15H,10,14H2,1H3,(H,27,28). The van der Waals surface area contributed by atoms with Crippen molar-refractivity contribution in [3.05, 3.63) is 89.5 Å². The number of nitriles is 1. The molecule has 156 valence electrons. The van der Waals surface area contributed by atoms with Crippen LogP contribution in [0.25, 0.3) is 22.2 Å². The van der Waals surface area contributed by atoms with E-state index in [-0.39, 0.29) is 12.2 Å². The predicted octanol–water partition coefficient (Wildman–Crippen LogP) is 3.51. The number of aromatic amines is 1. The Morgan fingerprint density at radius 2 is 2.06 bits per heavy atom. The predicted molar refractivity (Wildman–Crippen MR) is 119 cm³/mol. The van der Waals surface area contributed by atoms with Crippen LogP contribution >= 0.6 is 0 Å². The highest BCUT2D eigenvalue weighted by Crippen LogP contribution is 2.24. The molecular weight excluding hydrogens is 402 g/mol. The first-order valence-corrected chi connectivity index (χ1v) is 10.1. The average Bonchev–Trinajstić information content (AvgIpc) is 3.53. The molecule has 1 N–H and O–H groups in total. The fourth-order valence-electron chi connectivity index (χ4n) is 3.74. The summed E-state index contributed by atoms with van der Waals surface area (Å²) < 4.78 is 3.52. The molecule has 32 heavy (non-hydrogen) atoms. The molecule has 0 saturated carbocycles. The lowest BCUT2D eigenvalue weighted by molar-refractivity contribution is 0.0989. The monoisotopic (exact) mass is 421 g/mol. The van der Waals surface area contributed by atoms with Crippen molar-refractivity contribution >= 4 is 16.7 Å². The number of carbonyl (C=O) groups is 1. The maximum atomic E-state index is 12.9. The third kappa shape index (κ3) is 3.79. The quantitative estimate of drug-likeness (QED) is 0.423. The van der Waals surface area contributed by atoms with Crippen LogP contribution in [0.4, 0.5) is 0 Å². The Morgan fingerprint density at radius 1 is 1.16 bits per heavy atom. The molecule has 5 rings (SSSR count). The van der Waals surface area contributed by atoms with Gasteiger partial charge in [-0.05, 0) is 41.5 Å². The number of Topliss-reactive ketones (excluding diaryl/α,β-unsaturated/α-hetero) is 1. The number of hydrogen-bond donors (Lipinski definition) is 1. The van der Waals surface area contributed by atoms with E-state index in [0.717, 1.165) is 33.3 Å². The van der Waals surface area contributed by atoms with E-state index in [4.69, 9.17) is 5.26 Å². The molecule has 8 heteroatoms. The van der Waals surface area contributed by atoms with Crippen molar-refractivity contribution in [1.29, 1.82) is 5.26 Å². The van der Waals surface area contributed by atoms with Gasteiger partial charge in [-0.1, -0.05) is 18.2 Å². The van der Waals surface area contributed by atoms with E-state index >= 15 is 0 Å². The Kier molecular flexibility index (Phi) is 4.84. The van der Waals surface area contributed by atoms with Gasteiger partial charge in [0.05, 0.1) is 35.6 Å². The smallest absolute Gasteiger partial charge is 0.188 e. The molecule has 0 fully saturated rings. The molecule has 0 aliphatic rings. The number of nitrogens with one attached hydrogen (secondary N) is 1. The summed E-state index contributed by atoms with van der Waals surface area (Å²) >= 11 is 0. The van der Waals surface area contributed by atoms with Gasteiger partial charge in [0.15, 0.2) is 5.78 Å². The molecule has 0 aliphatic heterocycles. The van der Waals surface area contributed by atoms with Crippen molar-refractivity contribution < 1.29 is 4.79 Å². The molecule has 0 spiro atoms. The molecule has 0 atom stereocenters. The average molecular weight is 421 g/mol. The summed E-state index contributed by atoms with van der Waals surface area (Å²) in [6, 6.07) is 17.3. The van der Waals surface area contributed by atoms with E-state index in [2.05, 4.69) is 26.5 Å². The van der Waals surface area contributed by atoms with E-state index in [0.29, 0.717) is 17.8 Å². The third-order valence-corrected chi connectivity index (χ3v) is 5.29. The number of carbonyl (C=O) groups excluding carboxylic acids is 1. The first-order chi connectivity index (χ1) is 15.6. The second-order valence-electron chi connectivity index (χ2n) is 7.67. The van der Waals surface area contributed by atoms with Crippen LogP contribution in [0, 0.1) is 11.3 Å². The van der Waals surface area contributed by atoms with Crippen molar-refractivity contribution in [2.75, 3.05) is 0 Å². The molecule has 0 amide bonds. The summed E-state index contributed by atoms with van der Waals surface area (Å²) in [5.74, 6) is -0.0761. The van der Waals surface area contributed by atoms with Gasteiger partial charge in [-0.15, -0.1) is 0 Å². The van der Waals surface area contributed by atoms with E-state index in [1.54, 1.807) is 21.6 Å². The Labute approximate surface area is 183 Å². The summed E-state index contributed by atoms with van der Waals surface area (Å²) in [7, 11) is 1.88. The molecule has 3 aromatic heterocycles. The zero-order valence-electron chi connectivity index (χ0n) is 17.4. The maximum Gasteiger partial charge on any atom is 0.188 e. The number of ketones is 1. The molecule has 0 radical (unpaired) electrons. The van der Waals surface area contributed by atoms with Gasteiger partial charge in [0, 0.05) is 36.8 Å². The molecule has 0 unspecified atom stereocenters. The van der Waals surface area contributed by atoms with Gasteiger partial charge in [-0.2, -0.15) is 20.6 Å². The highest BCUT2D eigenvalue weighted by molar-refractivity contribution is 6.07. The number of rotatable bonds is 6. The Morgan fingerprint density at radius 3 is 2.88 bits per heavy atom. The molecule has 3 heterocycles. The summed E-state index contributed by atoms with van der Waals surface area (Å²) in [5.41, 5.74) is 5.44. The van der Waals surface area contributed by atoms with Crippen LogP contribution in [0.3, 0.4) is 0 Å². The van der Waals surface area contributed by atoms with Gasteiger partial charge in [0.25, 0.3) is 0 Å². The van der Waals surface area contributed by atoms with Crippen molar-refractivity contribution in [3.63, 3.8) is 0 Å². The lowest BCUT2D eigenvalue weighted by atomic mass is 10.0. The normalized spacial score (nSPS) is 11.0. The lowest BCUT2D eigenvalue weighted by Crippen LogP contribution is -2.04. The van der Waals surface area contributed by atoms with Crippen molar-refractivity contribution in [2.24, 2.45) is 7.05 Å². The van der Waals surface area contributed by atoms with Crippen LogP contribution < -0.4 is 0 Å². The second kappa shape index (κ2) is 7.96. The van der Waals surface area contributed by atoms with E-state index in [9.17, 15) is 4.79 Å². The Balaban J connectivity index is 1.32. The van der Waals surface area contributed by atoms with E-state index in [1.165, 1.54) is 0 Å². The topological polar surface area (TPSA) is 105 Å². The number of fused-ring (bicyclic) bond motifs is 1. The summed E-state index contributed by atoms with van der Waals surface area (Å²) in [6.45, 7) is 0.533. The van der Waals surface area contributed by atoms with E-state index < -0.39 is 0 Å². The van der Waals surface area contributed by atoms with Gasteiger partial charge in [0.2, 0.25) is 0 Å². The van der Waals surface area contributed by atoms with Gasteiger partial charge in [-0.3, -0.25) is 19.3 Å². The molecule has 0 saturated heterocycles. The first-order valence-electron chi connectivity index (χ1n) is 10.1. The minimum Gasteiger partial charge on any atom is -0.292 e. The lowest BCUT2D eigenvalue weighted by Gasteiger charge is -2.02. The number of aryl methyl sites for hydroxylation is 1. The molecule has 0 aliphatic carbocycles. The first kappa shape index (κ1) is 19.5.